The van der Waals surface area contributed by atoms with E-state index in [2.05, 4.69) is 39.6 Å². The van der Waals surface area contributed by atoms with E-state index in [1.807, 2.05) is 0 Å². The lowest BCUT2D eigenvalue weighted by atomic mass is 9.82. The van der Waals surface area contributed by atoms with Gasteiger partial charge in [0.05, 0.1) is 0 Å². The fourth-order valence-corrected chi connectivity index (χ4v) is 3.88. The molecule has 0 aromatic heterocycles. The van der Waals surface area contributed by atoms with Crippen molar-refractivity contribution >= 4 is 0 Å². The van der Waals surface area contributed by atoms with Gasteiger partial charge in [-0.3, -0.25) is 0 Å². The number of hydrogen-bond donors (Lipinski definition) is 1. The van der Waals surface area contributed by atoms with Gasteiger partial charge < -0.3 is 10.6 Å². The Kier molecular flexibility index (Phi) is 3.57. The van der Waals surface area contributed by atoms with Gasteiger partial charge in [-0.15, -0.1) is 0 Å². The maximum absolute atomic E-state index is 6.39. The molecule has 0 radical (unpaired) electrons. The molecular formula is C15H30N2. The molecule has 2 aliphatic rings. The summed E-state index contributed by atoms with van der Waals surface area (Å²) in [6.45, 7) is 10.5. The Balaban J connectivity index is 1.93. The van der Waals surface area contributed by atoms with Gasteiger partial charge in [0, 0.05) is 18.6 Å². The third-order valence-electron chi connectivity index (χ3n) is 5.57. The van der Waals surface area contributed by atoms with Gasteiger partial charge in [-0.25, -0.2) is 0 Å². The molecule has 5 atom stereocenters. The van der Waals surface area contributed by atoms with Gasteiger partial charge in [0.25, 0.3) is 0 Å². The summed E-state index contributed by atoms with van der Waals surface area (Å²) in [4.78, 5) is 2.53. The minimum atomic E-state index is 0.358. The van der Waals surface area contributed by atoms with Gasteiger partial charge in [0.2, 0.25) is 0 Å². The lowest BCUT2D eigenvalue weighted by Gasteiger charge is -2.39. The molecule has 0 saturated heterocycles. The molecule has 2 rings (SSSR count). The average molecular weight is 238 g/mol. The van der Waals surface area contributed by atoms with E-state index < -0.39 is 0 Å². The second kappa shape index (κ2) is 4.55. The van der Waals surface area contributed by atoms with Gasteiger partial charge in [-0.1, -0.05) is 20.8 Å². The molecule has 2 heteroatoms. The zero-order valence-electron chi connectivity index (χ0n) is 12.2. The molecule has 100 valence electrons. The summed E-state index contributed by atoms with van der Waals surface area (Å²) in [6, 6.07) is 1.09. The van der Waals surface area contributed by atoms with Crippen LogP contribution >= 0.6 is 0 Å². The normalized spacial score (nSPS) is 39.0. The van der Waals surface area contributed by atoms with Crippen molar-refractivity contribution in [1.29, 1.82) is 0 Å². The Hall–Kier alpha value is -0.0800. The summed E-state index contributed by atoms with van der Waals surface area (Å²) in [5.41, 5.74) is 6.75. The minimum absolute atomic E-state index is 0.358. The van der Waals surface area contributed by atoms with Crippen LogP contribution in [-0.4, -0.2) is 30.6 Å². The number of rotatable bonds is 3. The SMILES string of the molecule is CC(N(C)CC1C2CCC(C2)C1N)C(C)(C)C. The van der Waals surface area contributed by atoms with Crippen LogP contribution in [0.5, 0.6) is 0 Å². The Morgan fingerprint density at radius 2 is 1.82 bits per heavy atom. The van der Waals surface area contributed by atoms with E-state index in [1.165, 1.54) is 25.8 Å². The monoisotopic (exact) mass is 238 g/mol. The van der Waals surface area contributed by atoms with E-state index in [1.54, 1.807) is 0 Å². The standard InChI is InChI=1S/C15H30N2/c1-10(15(2,3)4)17(5)9-13-11-6-7-12(8-11)14(13)16/h10-14H,6-9,16H2,1-5H3. The maximum Gasteiger partial charge on any atom is 0.0112 e. The van der Waals surface area contributed by atoms with Gasteiger partial charge in [0.15, 0.2) is 0 Å². The number of nitrogens with zero attached hydrogens (tertiary/aromatic N) is 1. The average Bonchev–Trinajstić information content (AvgIpc) is 2.79. The summed E-state index contributed by atoms with van der Waals surface area (Å²) in [5, 5.41) is 0. The molecule has 2 saturated carbocycles. The van der Waals surface area contributed by atoms with Crippen LogP contribution < -0.4 is 5.73 Å². The highest BCUT2D eigenvalue weighted by Gasteiger charge is 2.46. The topological polar surface area (TPSA) is 29.3 Å². The van der Waals surface area contributed by atoms with E-state index in [-0.39, 0.29) is 0 Å². The first-order chi connectivity index (χ1) is 7.80. The number of nitrogens with two attached hydrogens (primary N) is 1. The summed E-state index contributed by atoms with van der Waals surface area (Å²) in [7, 11) is 2.27. The molecule has 0 aromatic carbocycles. The summed E-state index contributed by atoms with van der Waals surface area (Å²) in [5.74, 6) is 2.51. The smallest absolute Gasteiger partial charge is 0.0112 e. The van der Waals surface area contributed by atoms with Crippen LogP contribution in [0.25, 0.3) is 0 Å². The Morgan fingerprint density at radius 3 is 2.29 bits per heavy atom. The van der Waals surface area contributed by atoms with Crippen LogP contribution in [0.15, 0.2) is 0 Å². The summed E-state index contributed by atoms with van der Waals surface area (Å²) in [6.07, 6.45) is 4.23. The first-order valence-corrected chi connectivity index (χ1v) is 7.26. The number of hydrogen-bond acceptors (Lipinski definition) is 2. The van der Waals surface area contributed by atoms with Gasteiger partial charge in [0.1, 0.15) is 0 Å². The van der Waals surface area contributed by atoms with Crippen molar-refractivity contribution in [3.63, 3.8) is 0 Å². The third-order valence-corrected chi connectivity index (χ3v) is 5.57. The second-order valence-corrected chi connectivity index (χ2v) is 7.56. The van der Waals surface area contributed by atoms with Crippen LogP contribution in [0.4, 0.5) is 0 Å². The van der Waals surface area contributed by atoms with Crippen LogP contribution in [0.3, 0.4) is 0 Å². The number of fused-ring (bicyclic) bond motifs is 2. The van der Waals surface area contributed by atoms with Crippen molar-refractivity contribution in [2.45, 2.75) is 59.0 Å². The van der Waals surface area contributed by atoms with Crippen molar-refractivity contribution in [3.05, 3.63) is 0 Å². The third kappa shape index (κ3) is 2.53. The molecular weight excluding hydrogens is 208 g/mol. The highest BCUT2D eigenvalue weighted by Crippen LogP contribution is 2.48. The fourth-order valence-electron chi connectivity index (χ4n) is 3.88. The van der Waals surface area contributed by atoms with E-state index in [4.69, 9.17) is 5.73 Å². The first kappa shape index (κ1) is 13.4. The van der Waals surface area contributed by atoms with Crippen molar-refractivity contribution in [1.82, 2.24) is 4.90 Å². The second-order valence-electron chi connectivity index (χ2n) is 7.56. The molecule has 2 aliphatic carbocycles. The van der Waals surface area contributed by atoms with Crippen molar-refractivity contribution in [3.8, 4) is 0 Å². The highest BCUT2D eigenvalue weighted by atomic mass is 15.1. The highest BCUT2D eigenvalue weighted by molar-refractivity contribution is 5.00. The molecule has 0 heterocycles. The molecule has 2 N–H and O–H groups in total. The van der Waals surface area contributed by atoms with Gasteiger partial charge in [-0.2, -0.15) is 0 Å². The predicted octanol–water partition coefficient (Wildman–Crippen LogP) is 2.73. The van der Waals surface area contributed by atoms with E-state index in [0.717, 1.165) is 17.8 Å². The van der Waals surface area contributed by atoms with Crippen LogP contribution in [-0.2, 0) is 0 Å². The molecule has 17 heavy (non-hydrogen) atoms. The molecule has 2 nitrogen and oxygen atoms in total. The van der Waals surface area contributed by atoms with Crippen molar-refractivity contribution < 1.29 is 0 Å². The Labute approximate surface area is 107 Å². The quantitative estimate of drug-likeness (QED) is 0.819. The predicted molar refractivity (Wildman–Crippen MR) is 73.8 cm³/mol. The lowest BCUT2D eigenvalue weighted by Crippen LogP contribution is -2.47. The Morgan fingerprint density at radius 1 is 1.24 bits per heavy atom. The van der Waals surface area contributed by atoms with E-state index in [9.17, 15) is 0 Å². The molecule has 0 aliphatic heterocycles. The molecule has 0 spiro atoms. The van der Waals surface area contributed by atoms with E-state index >= 15 is 0 Å². The zero-order valence-corrected chi connectivity index (χ0v) is 12.2. The Bertz CT molecular complexity index is 267. The largest absolute Gasteiger partial charge is 0.327 e. The summed E-state index contributed by atoms with van der Waals surface area (Å²) < 4.78 is 0. The van der Waals surface area contributed by atoms with Crippen molar-refractivity contribution in [2.75, 3.05) is 13.6 Å². The van der Waals surface area contributed by atoms with Crippen LogP contribution in [0.2, 0.25) is 0 Å². The van der Waals surface area contributed by atoms with Crippen LogP contribution in [0, 0.1) is 23.2 Å². The molecule has 2 fully saturated rings. The first-order valence-electron chi connectivity index (χ1n) is 7.26. The minimum Gasteiger partial charge on any atom is -0.327 e. The zero-order chi connectivity index (χ0) is 12.8. The molecule has 0 aromatic rings. The van der Waals surface area contributed by atoms with Crippen LogP contribution in [0.1, 0.15) is 47.0 Å². The van der Waals surface area contributed by atoms with E-state index in [0.29, 0.717) is 17.5 Å². The molecule has 0 amide bonds. The van der Waals surface area contributed by atoms with Gasteiger partial charge >= 0.3 is 0 Å². The fraction of sp³-hybridized carbons (Fsp3) is 1.00. The maximum atomic E-state index is 6.39. The molecule has 2 bridgehead atoms. The van der Waals surface area contributed by atoms with Crippen molar-refractivity contribution in [2.24, 2.45) is 28.9 Å². The van der Waals surface area contributed by atoms with Gasteiger partial charge in [-0.05, 0) is 56.4 Å². The summed E-state index contributed by atoms with van der Waals surface area (Å²) >= 11 is 0. The lowest BCUT2D eigenvalue weighted by molar-refractivity contribution is 0.102. The molecule has 5 unspecified atom stereocenters.